The van der Waals surface area contributed by atoms with E-state index in [1.54, 1.807) is 17.3 Å². The number of pyridine rings is 1. The molecule has 1 aromatic heterocycles. The largest absolute Gasteiger partial charge is 0.340 e. The van der Waals surface area contributed by atoms with E-state index in [4.69, 9.17) is 0 Å². The van der Waals surface area contributed by atoms with Gasteiger partial charge in [0.25, 0.3) is 5.91 Å². The SMILES string of the molecule is O=C1CC2(CCN(C(=O)C3(F)CCC3)CC2)CN1Cc1cccnc1. The molecule has 2 aliphatic heterocycles. The summed E-state index contributed by atoms with van der Waals surface area (Å²) in [6.07, 6.45) is 7.15. The topological polar surface area (TPSA) is 53.5 Å². The second-order valence-electron chi connectivity index (χ2n) is 7.90. The lowest BCUT2D eigenvalue weighted by atomic mass is 9.76. The number of likely N-dealkylation sites (tertiary alicyclic amines) is 2. The molecule has 0 aromatic carbocycles. The summed E-state index contributed by atoms with van der Waals surface area (Å²) in [7, 11) is 0. The third-order valence-corrected chi connectivity index (χ3v) is 6.14. The molecular weight excluding hydrogens is 321 g/mol. The summed E-state index contributed by atoms with van der Waals surface area (Å²) in [6, 6.07) is 3.86. The first-order valence-corrected chi connectivity index (χ1v) is 9.15. The molecule has 3 aliphatic rings. The summed E-state index contributed by atoms with van der Waals surface area (Å²) in [5.74, 6) is -0.158. The Morgan fingerprint density at radius 2 is 2.00 bits per heavy atom. The van der Waals surface area contributed by atoms with E-state index in [1.165, 1.54) is 0 Å². The summed E-state index contributed by atoms with van der Waals surface area (Å²) in [4.78, 5) is 32.5. The van der Waals surface area contributed by atoms with Crippen molar-refractivity contribution in [1.29, 1.82) is 0 Å². The van der Waals surface area contributed by atoms with Crippen LogP contribution >= 0.6 is 0 Å². The van der Waals surface area contributed by atoms with Crippen molar-refractivity contribution < 1.29 is 14.0 Å². The highest BCUT2D eigenvalue weighted by Gasteiger charge is 2.50. The molecule has 25 heavy (non-hydrogen) atoms. The van der Waals surface area contributed by atoms with E-state index >= 15 is 0 Å². The molecule has 3 fully saturated rings. The fourth-order valence-electron chi connectivity index (χ4n) is 4.34. The number of alkyl halides is 1. The molecule has 3 heterocycles. The molecule has 0 radical (unpaired) electrons. The molecule has 2 amide bonds. The standard InChI is InChI=1S/C19H24FN3O2/c20-19(4-2-5-19)17(25)22-9-6-18(7-10-22)11-16(24)23(14-18)13-15-3-1-8-21-12-15/h1,3,8,12H,2,4-7,9-11,13-14H2. The Morgan fingerprint density at radius 1 is 1.24 bits per heavy atom. The van der Waals surface area contributed by atoms with E-state index in [-0.39, 0.29) is 17.2 Å². The van der Waals surface area contributed by atoms with Gasteiger partial charge in [0, 0.05) is 50.4 Å². The zero-order valence-corrected chi connectivity index (χ0v) is 14.4. The van der Waals surface area contributed by atoms with E-state index in [0.717, 1.165) is 31.4 Å². The van der Waals surface area contributed by atoms with Crippen LogP contribution in [-0.2, 0) is 16.1 Å². The molecule has 1 saturated carbocycles. The molecule has 0 bridgehead atoms. The van der Waals surface area contributed by atoms with E-state index in [0.29, 0.717) is 38.9 Å². The molecule has 1 spiro atoms. The number of carbonyl (C=O) groups excluding carboxylic acids is 2. The molecule has 6 heteroatoms. The van der Waals surface area contributed by atoms with Crippen LogP contribution in [0.5, 0.6) is 0 Å². The minimum Gasteiger partial charge on any atom is -0.340 e. The number of aromatic nitrogens is 1. The van der Waals surface area contributed by atoms with Gasteiger partial charge in [-0.05, 0) is 43.7 Å². The Bertz CT molecular complexity index is 667. The van der Waals surface area contributed by atoms with E-state index in [9.17, 15) is 14.0 Å². The molecule has 0 atom stereocenters. The maximum atomic E-state index is 14.4. The molecule has 5 nitrogen and oxygen atoms in total. The lowest BCUT2D eigenvalue weighted by Crippen LogP contribution is -2.54. The van der Waals surface area contributed by atoms with Crippen LogP contribution in [0.4, 0.5) is 4.39 Å². The van der Waals surface area contributed by atoms with Crippen molar-refractivity contribution >= 4 is 11.8 Å². The van der Waals surface area contributed by atoms with Crippen LogP contribution in [0.15, 0.2) is 24.5 Å². The zero-order chi connectivity index (χ0) is 17.5. The van der Waals surface area contributed by atoms with Gasteiger partial charge in [0.1, 0.15) is 0 Å². The van der Waals surface area contributed by atoms with Crippen molar-refractivity contribution in [3.05, 3.63) is 30.1 Å². The molecule has 0 N–H and O–H groups in total. The number of halogens is 1. The fraction of sp³-hybridized carbons (Fsp3) is 0.632. The van der Waals surface area contributed by atoms with Crippen molar-refractivity contribution in [3.63, 3.8) is 0 Å². The highest BCUT2D eigenvalue weighted by molar-refractivity contribution is 5.86. The van der Waals surface area contributed by atoms with Crippen molar-refractivity contribution in [2.45, 2.75) is 50.7 Å². The molecular formula is C19H24FN3O2. The molecule has 1 aromatic rings. The summed E-state index contributed by atoms with van der Waals surface area (Å²) in [5.41, 5.74) is -0.633. The highest BCUT2D eigenvalue weighted by atomic mass is 19.1. The van der Waals surface area contributed by atoms with Gasteiger partial charge in [0.05, 0.1) is 0 Å². The van der Waals surface area contributed by atoms with Crippen LogP contribution in [0.25, 0.3) is 0 Å². The van der Waals surface area contributed by atoms with E-state index in [1.807, 2.05) is 17.0 Å². The zero-order valence-electron chi connectivity index (χ0n) is 14.4. The van der Waals surface area contributed by atoms with Gasteiger partial charge in [-0.1, -0.05) is 6.07 Å². The van der Waals surface area contributed by atoms with Gasteiger partial charge >= 0.3 is 0 Å². The molecule has 0 unspecified atom stereocenters. The number of rotatable bonds is 3. The van der Waals surface area contributed by atoms with Gasteiger partial charge in [-0.2, -0.15) is 0 Å². The number of nitrogens with zero attached hydrogens (tertiary/aromatic N) is 3. The second kappa shape index (κ2) is 6.07. The van der Waals surface area contributed by atoms with Gasteiger partial charge in [0.2, 0.25) is 5.91 Å². The number of carbonyl (C=O) groups is 2. The maximum Gasteiger partial charge on any atom is 0.260 e. The number of amides is 2. The number of hydrogen-bond acceptors (Lipinski definition) is 3. The van der Waals surface area contributed by atoms with Gasteiger partial charge in [0.15, 0.2) is 5.67 Å². The summed E-state index contributed by atoms with van der Waals surface area (Å²) >= 11 is 0. The maximum absolute atomic E-state index is 14.4. The van der Waals surface area contributed by atoms with Crippen molar-refractivity contribution in [1.82, 2.24) is 14.8 Å². The van der Waals surface area contributed by atoms with Crippen LogP contribution < -0.4 is 0 Å². The molecule has 4 rings (SSSR count). The number of piperidine rings is 1. The summed E-state index contributed by atoms with van der Waals surface area (Å²) < 4.78 is 14.4. The van der Waals surface area contributed by atoms with Crippen LogP contribution in [-0.4, -0.2) is 51.9 Å². The molecule has 134 valence electrons. The second-order valence-corrected chi connectivity index (χ2v) is 7.90. The van der Waals surface area contributed by atoms with Crippen molar-refractivity contribution in [2.75, 3.05) is 19.6 Å². The Hall–Kier alpha value is -1.98. The lowest BCUT2D eigenvalue weighted by molar-refractivity contribution is -0.152. The Balaban J connectivity index is 1.36. The average Bonchev–Trinajstić information content (AvgIpc) is 2.89. The monoisotopic (exact) mass is 345 g/mol. The van der Waals surface area contributed by atoms with Crippen molar-refractivity contribution in [2.24, 2.45) is 5.41 Å². The quantitative estimate of drug-likeness (QED) is 0.845. The van der Waals surface area contributed by atoms with Gasteiger partial charge in [-0.25, -0.2) is 4.39 Å². The smallest absolute Gasteiger partial charge is 0.260 e. The molecule has 2 saturated heterocycles. The fourth-order valence-corrected chi connectivity index (χ4v) is 4.34. The normalized spacial score (nSPS) is 24.4. The summed E-state index contributed by atoms with van der Waals surface area (Å²) in [5, 5.41) is 0. The molecule has 1 aliphatic carbocycles. The van der Waals surface area contributed by atoms with Crippen LogP contribution in [0, 0.1) is 5.41 Å². The van der Waals surface area contributed by atoms with Gasteiger partial charge < -0.3 is 9.80 Å². The minimum absolute atomic E-state index is 0.0564. The Labute approximate surface area is 147 Å². The first kappa shape index (κ1) is 16.5. The first-order valence-electron chi connectivity index (χ1n) is 9.15. The van der Waals surface area contributed by atoms with Gasteiger partial charge in [-0.3, -0.25) is 14.6 Å². The third-order valence-electron chi connectivity index (χ3n) is 6.14. The predicted molar refractivity (Wildman–Crippen MR) is 90.2 cm³/mol. The average molecular weight is 345 g/mol. The third kappa shape index (κ3) is 3.02. The predicted octanol–water partition coefficient (Wildman–Crippen LogP) is 2.31. The Kier molecular flexibility index (Phi) is 4.01. The van der Waals surface area contributed by atoms with Crippen LogP contribution in [0.2, 0.25) is 0 Å². The number of hydrogen-bond donors (Lipinski definition) is 0. The highest BCUT2D eigenvalue weighted by Crippen LogP contribution is 2.43. The van der Waals surface area contributed by atoms with E-state index < -0.39 is 5.67 Å². The Morgan fingerprint density at radius 3 is 2.60 bits per heavy atom. The van der Waals surface area contributed by atoms with Gasteiger partial charge in [-0.15, -0.1) is 0 Å². The van der Waals surface area contributed by atoms with Crippen LogP contribution in [0.3, 0.4) is 0 Å². The minimum atomic E-state index is -1.61. The lowest BCUT2D eigenvalue weighted by Gasteiger charge is -2.43. The van der Waals surface area contributed by atoms with E-state index in [2.05, 4.69) is 4.98 Å². The first-order chi connectivity index (χ1) is 12.0. The van der Waals surface area contributed by atoms with Crippen molar-refractivity contribution in [3.8, 4) is 0 Å². The summed E-state index contributed by atoms with van der Waals surface area (Å²) in [6.45, 7) is 2.45. The van der Waals surface area contributed by atoms with Crippen LogP contribution in [0.1, 0.15) is 44.1 Å².